The summed E-state index contributed by atoms with van der Waals surface area (Å²) in [6, 6.07) is 4.06. The summed E-state index contributed by atoms with van der Waals surface area (Å²) in [7, 11) is 2.00. The highest BCUT2D eigenvalue weighted by molar-refractivity contribution is 7.80. The van der Waals surface area contributed by atoms with Crippen LogP contribution >= 0.6 is 12.2 Å². The van der Waals surface area contributed by atoms with Gasteiger partial charge in [0.2, 0.25) is 0 Å². The van der Waals surface area contributed by atoms with Crippen molar-refractivity contribution in [2.24, 2.45) is 0 Å². The van der Waals surface area contributed by atoms with Gasteiger partial charge in [0.25, 0.3) is 0 Å². The summed E-state index contributed by atoms with van der Waals surface area (Å²) >= 11 is 5.26. The lowest BCUT2D eigenvalue weighted by Gasteiger charge is -2.20. The molecule has 0 amide bonds. The molecule has 0 aliphatic rings. The van der Waals surface area contributed by atoms with Crippen LogP contribution in [0.4, 0.5) is 0 Å². The summed E-state index contributed by atoms with van der Waals surface area (Å²) in [4.78, 5) is 5.20. The molecule has 0 aliphatic heterocycles. The number of hydrogen-bond acceptors (Lipinski definition) is 1. The highest BCUT2D eigenvalue weighted by atomic mass is 32.1. The Morgan fingerprint density at radius 3 is 3.00 bits per heavy atom. The molecule has 0 saturated carbocycles. The second-order valence-corrected chi connectivity index (χ2v) is 4.02. The van der Waals surface area contributed by atoms with Crippen molar-refractivity contribution in [3.8, 4) is 0 Å². The van der Waals surface area contributed by atoms with Crippen molar-refractivity contribution in [1.82, 2.24) is 15.2 Å². The van der Waals surface area contributed by atoms with E-state index in [0.717, 1.165) is 24.6 Å². The van der Waals surface area contributed by atoms with Crippen molar-refractivity contribution in [3.05, 3.63) is 24.0 Å². The monoisotopic (exact) mass is 225 g/mol. The molecule has 0 saturated heterocycles. The van der Waals surface area contributed by atoms with E-state index in [4.69, 9.17) is 12.2 Å². The molecular weight excluding hydrogens is 206 g/mol. The Morgan fingerprint density at radius 2 is 2.40 bits per heavy atom. The fourth-order valence-electron chi connectivity index (χ4n) is 1.30. The zero-order chi connectivity index (χ0) is 11.1. The molecule has 1 heterocycles. The summed E-state index contributed by atoms with van der Waals surface area (Å²) < 4.78 is 0. The van der Waals surface area contributed by atoms with E-state index in [0.29, 0.717) is 0 Å². The second kappa shape index (κ2) is 6.45. The van der Waals surface area contributed by atoms with Gasteiger partial charge in [0.1, 0.15) is 0 Å². The number of thiocarbonyl (C=S) groups is 1. The number of H-pyrrole nitrogens is 1. The molecule has 0 aliphatic carbocycles. The lowest BCUT2D eigenvalue weighted by Crippen LogP contribution is -2.37. The van der Waals surface area contributed by atoms with Crippen LogP contribution in [0.2, 0.25) is 0 Å². The van der Waals surface area contributed by atoms with E-state index in [9.17, 15) is 0 Å². The third-order valence-electron chi connectivity index (χ3n) is 2.22. The van der Waals surface area contributed by atoms with Crippen LogP contribution in [0.15, 0.2) is 18.3 Å². The average molecular weight is 225 g/mol. The van der Waals surface area contributed by atoms with E-state index < -0.39 is 0 Å². The maximum atomic E-state index is 5.26. The van der Waals surface area contributed by atoms with Crippen LogP contribution in [0.1, 0.15) is 25.5 Å². The minimum Gasteiger partial charge on any atom is -0.364 e. The summed E-state index contributed by atoms with van der Waals surface area (Å²) in [6.45, 7) is 3.96. The van der Waals surface area contributed by atoms with Crippen LogP contribution in [0.3, 0.4) is 0 Å². The number of aromatic nitrogens is 1. The smallest absolute Gasteiger partial charge is 0.169 e. The SMILES string of the molecule is CCCCNC(=S)N(C)Cc1ccc[nH]1. The molecule has 84 valence electrons. The van der Waals surface area contributed by atoms with E-state index in [2.05, 4.69) is 23.3 Å². The normalized spacial score (nSPS) is 10.0. The Kier molecular flexibility index (Phi) is 5.18. The van der Waals surface area contributed by atoms with Gasteiger partial charge >= 0.3 is 0 Å². The number of aromatic amines is 1. The fourth-order valence-corrected chi connectivity index (χ4v) is 1.47. The van der Waals surface area contributed by atoms with Crippen LogP contribution in [0.5, 0.6) is 0 Å². The predicted octanol–water partition coefficient (Wildman–Crippen LogP) is 2.12. The van der Waals surface area contributed by atoms with Crippen molar-refractivity contribution in [2.75, 3.05) is 13.6 Å². The van der Waals surface area contributed by atoms with Gasteiger partial charge in [0.15, 0.2) is 5.11 Å². The van der Waals surface area contributed by atoms with E-state index in [1.165, 1.54) is 12.1 Å². The third kappa shape index (κ3) is 4.34. The van der Waals surface area contributed by atoms with Crippen LogP contribution < -0.4 is 5.32 Å². The maximum Gasteiger partial charge on any atom is 0.169 e. The average Bonchev–Trinajstić information content (AvgIpc) is 2.70. The first-order valence-electron chi connectivity index (χ1n) is 5.35. The molecule has 1 rings (SSSR count). The number of rotatable bonds is 5. The first-order chi connectivity index (χ1) is 7.24. The van der Waals surface area contributed by atoms with Crippen LogP contribution in [0.25, 0.3) is 0 Å². The van der Waals surface area contributed by atoms with Crippen LogP contribution in [-0.4, -0.2) is 28.6 Å². The Bertz CT molecular complexity index is 282. The Balaban J connectivity index is 2.27. The van der Waals surface area contributed by atoms with Gasteiger partial charge in [0, 0.05) is 25.5 Å². The lowest BCUT2D eigenvalue weighted by atomic mass is 10.3. The summed E-state index contributed by atoms with van der Waals surface area (Å²) in [5.74, 6) is 0. The van der Waals surface area contributed by atoms with Gasteiger partial charge in [-0.3, -0.25) is 0 Å². The molecule has 0 bridgehead atoms. The molecule has 2 N–H and O–H groups in total. The van der Waals surface area contributed by atoms with Gasteiger partial charge in [-0.2, -0.15) is 0 Å². The second-order valence-electron chi connectivity index (χ2n) is 3.64. The van der Waals surface area contributed by atoms with Crippen molar-refractivity contribution >= 4 is 17.3 Å². The molecule has 1 aromatic heterocycles. The number of nitrogens with one attached hydrogen (secondary N) is 2. The van der Waals surface area contributed by atoms with Crippen molar-refractivity contribution < 1.29 is 0 Å². The van der Waals surface area contributed by atoms with Crippen molar-refractivity contribution in [2.45, 2.75) is 26.3 Å². The molecule has 1 aromatic rings. The fraction of sp³-hybridized carbons (Fsp3) is 0.545. The lowest BCUT2D eigenvalue weighted by molar-refractivity contribution is 0.481. The van der Waals surface area contributed by atoms with Gasteiger partial charge in [-0.05, 0) is 30.8 Å². The third-order valence-corrected chi connectivity index (χ3v) is 2.68. The van der Waals surface area contributed by atoms with Crippen molar-refractivity contribution in [3.63, 3.8) is 0 Å². The van der Waals surface area contributed by atoms with E-state index in [1.807, 2.05) is 24.2 Å². The van der Waals surface area contributed by atoms with E-state index >= 15 is 0 Å². The molecule has 15 heavy (non-hydrogen) atoms. The Hall–Kier alpha value is -1.03. The summed E-state index contributed by atoms with van der Waals surface area (Å²) in [5, 5.41) is 4.06. The highest BCUT2D eigenvalue weighted by Crippen LogP contribution is 1.99. The first-order valence-corrected chi connectivity index (χ1v) is 5.76. The van der Waals surface area contributed by atoms with Gasteiger partial charge in [-0.1, -0.05) is 13.3 Å². The topological polar surface area (TPSA) is 31.1 Å². The molecule has 0 fully saturated rings. The zero-order valence-electron chi connectivity index (χ0n) is 9.42. The zero-order valence-corrected chi connectivity index (χ0v) is 10.2. The number of unbranched alkanes of at least 4 members (excludes halogenated alkanes) is 1. The van der Waals surface area contributed by atoms with Gasteiger partial charge in [-0.15, -0.1) is 0 Å². The van der Waals surface area contributed by atoms with Crippen LogP contribution in [-0.2, 0) is 6.54 Å². The van der Waals surface area contributed by atoms with Gasteiger partial charge in [0.05, 0.1) is 6.54 Å². The minimum absolute atomic E-state index is 0.818. The maximum absolute atomic E-state index is 5.26. The van der Waals surface area contributed by atoms with E-state index in [1.54, 1.807) is 0 Å². The standard InChI is InChI=1S/C11H19N3S/c1-3-4-7-13-11(15)14(2)9-10-6-5-8-12-10/h5-6,8,12H,3-4,7,9H2,1-2H3,(H,13,15). The largest absolute Gasteiger partial charge is 0.364 e. The van der Waals surface area contributed by atoms with Crippen LogP contribution in [0, 0.1) is 0 Å². The molecule has 3 nitrogen and oxygen atoms in total. The van der Waals surface area contributed by atoms with Gasteiger partial charge < -0.3 is 15.2 Å². The molecule has 4 heteroatoms. The molecule has 0 atom stereocenters. The van der Waals surface area contributed by atoms with Gasteiger partial charge in [-0.25, -0.2) is 0 Å². The molecule has 0 radical (unpaired) electrons. The summed E-state index contributed by atoms with van der Waals surface area (Å²) in [6.07, 6.45) is 4.28. The number of hydrogen-bond donors (Lipinski definition) is 2. The molecule has 0 unspecified atom stereocenters. The molecule has 0 spiro atoms. The van der Waals surface area contributed by atoms with E-state index in [-0.39, 0.29) is 0 Å². The number of nitrogens with zero attached hydrogens (tertiary/aromatic N) is 1. The first kappa shape index (κ1) is 12.0. The Morgan fingerprint density at radius 1 is 1.60 bits per heavy atom. The summed E-state index contributed by atoms with van der Waals surface area (Å²) in [5.41, 5.74) is 1.18. The predicted molar refractivity (Wildman–Crippen MR) is 67.8 cm³/mol. The molecule has 0 aromatic carbocycles. The van der Waals surface area contributed by atoms with Crippen molar-refractivity contribution in [1.29, 1.82) is 0 Å². The highest BCUT2D eigenvalue weighted by Gasteiger charge is 2.04. The quantitative estimate of drug-likeness (QED) is 0.594. The molecular formula is C11H19N3S. The Labute approximate surface area is 96.9 Å². The minimum atomic E-state index is 0.818.